The van der Waals surface area contributed by atoms with Crippen LogP contribution in [0.3, 0.4) is 0 Å². The number of rotatable bonds is 7. The van der Waals surface area contributed by atoms with Gasteiger partial charge in [0.15, 0.2) is 0 Å². The van der Waals surface area contributed by atoms with E-state index < -0.39 is 11.7 Å². The topological polar surface area (TPSA) is 106 Å². The highest BCUT2D eigenvalue weighted by Crippen LogP contribution is 2.09. The predicted octanol–water partition coefficient (Wildman–Crippen LogP) is -0.315. The van der Waals surface area contributed by atoms with E-state index in [-0.39, 0.29) is 30.3 Å². The van der Waals surface area contributed by atoms with Crippen LogP contribution in [-0.2, 0) is 9.53 Å². The molecule has 0 aliphatic heterocycles. The molecule has 1 aromatic rings. The minimum Gasteiger partial charge on any atom is -0.383 e. The van der Waals surface area contributed by atoms with E-state index in [4.69, 9.17) is 10.5 Å². The molecule has 110 valence electrons. The molecule has 0 atom stereocenters. The van der Waals surface area contributed by atoms with Crippen molar-refractivity contribution in [2.45, 2.75) is 6.42 Å². The molecule has 1 aromatic heterocycles. The molecule has 0 saturated heterocycles. The van der Waals surface area contributed by atoms with Gasteiger partial charge in [-0.3, -0.25) is 9.59 Å². The lowest BCUT2D eigenvalue weighted by atomic mass is 10.2. The van der Waals surface area contributed by atoms with Crippen LogP contribution in [0.2, 0.25) is 0 Å². The van der Waals surface area contributed by atoms with Crippen LogP contribution in [-0.4, -0.2) is 43.6 Å². The maximum absolute atomic E-state index is 13.0. The Morgan fingerprint density at radius 1 is 1.40 bits per heavy atom. The third kappa shape index (κ3) is 5.19. The van der Waals surface area contributed by atoms with Gasteiger partial charge in [0.1, 0.15) is 11.6 Å². The third-order valence-electron chi connectivity index (χ3n) is 2.40. The highest BCUT2D eigenvalue weighted by molar-refractivity contribution is 5.98. The van der Waals surface area contributed by atoms with E-state index >= 15 is 0 Å². The second-order valence-electron chi connectivity index (χ2n) is 3.93. The molecule has 0 saturated carbocycles. The van der Waals surface area contributed by atoms with Crippen molar-refractivity contribution in [3.63, 3.8) is 0 Å². The van der Waals surface area contributed by atoms with Gasteiger partial charge in [-0.15, -0.1) is 0 Å². The molecule has 1 rings (SSSR count). The van der Waals surface area contributed by atoms with E-state index in [0.717, 1.165) is 12.3 Å². The van der Waals surface area contributed by atoms with Crippen molar-refractivity contribution in [2.75, 3.05) is 32.5 Å². The molecule has 0 aromatic carbocycles. The molecule has 0 aliphatic rings. The van der Waals surface area contributed by atoms with Gasteiger partial charge in [-0.25, -0.2) is 9.37 Å². The molecule has 4 N–H and O–H groups in total. The van der Waals surface area contributed by atoms with Gasteiger partial charge in [-0.1, -0.05) is 0 Å². The number of nitrogens with zero attached hydrogens (tertiary/aromatic N) is 1. The molecule has 0 aliphatic carbocycles. The number of carbonyl (C=O) groups is 2. The third-order valence-corrected chi connectivity index (χ3v) is 2.40. The van der Waals surface area contributed by atoms with Crippen LogP contribution in [0.15, 0.2) is 12.3 Å². The molecule has 2 amide bonds. The van der Waals surface area contributed by atoms with Crippen molar-refractivity contribution in [3.8, 4) is 0 Å². The Labute approximate surface area is 115 Å². The summed E-state index contributed by atoms with van der Waals surface area (Å²) in [5, 5.41) is 5.08. The maximum Gasteiger partial charge on any atom is 0.255 e. The molecular formula is C12H17FN4O3. The van der Waals surface area contributed by atoms with Crippen molar-refractivity contribution < 1.29 is 18.7 Å². The quantitative estimate of drug-likeness (QED) is 0.595. The van der Waals surface area contributed by atoms with Crippen LogP contribution in [0.5, 0.6) is 0 Å². The van der Waals surface area contributed by atoms with Crippen LogP contribution in [0, 0.1) is 5.82 Å². The lowest BCUT2D eigenvalue weighted by Crippen LogP contribution is -2.32. The van der Waals surface area contributed by atoms with Crippen LogP contribution in [0.25, 0.3) is 0 Å². The van der Waals surface area contributed by atoms with Gasteiger partial charge < -0.3 is 21.1 Å². The number of halogens is 1. The number of nitrogens with one attached hydrogen (secondary N) is 2. The van der Waals surface area contributed by atoms with Crippen molar-refractivity contribution in [1.82, 2.24) is 15.6 Å². The fourth-order valence-electron chi connectivity index (χ4n) is 1.40. The van der Waals surface area contributed by atoms with E-state index in [1.54, 1.807) is 0 Å². The monoisotopic (exact) mass is 284 g/mol. The average Bonchev–Trinajstić information content (AvgIpc) is 2.41. The standard InChI is InChI=1S/C12H17FN4O3/c1-20-5-4-15-10(18)2-3-16-12(19)9-6-8(13)7-17-11(9)14/h6-7H,2-5H2,1H3,(H2,14,17)(H,15,18)(H,16,19). The molecule has 0 unspecified atom stereocenters. The smallest absolute Gasteiger partial charge is 0.255 e. The van der Waals surface area contributed by atoms with Crippen LogP contribution in [0.4, 0.5) is 10.2 Å². The van der Waals surface area contributed by atoms with E-state index in [0.29, 0.717) is 13.2 Å². The summed E-state index contributed by atoms with van der Waals surface area (Å²) in [7, 11) is 1.53. The second-order valence-corrected chi connectivity index (χ2v) is 3.93. The van der Waals surface area contributed by atoms with Gasteiger partial charge in [0.25, 0.3) is 5.91 Å². The maximum atomic E-state index is 13.0. The molecule has 8 heteroatoms. The molecular weight excluding hydrogens is 267 g/mol. The van der Waals surface area contributed by atoms with Gasteiger partial charge in [0.2, 0.25) is 5.91 Å². The Balaban J connectivity index is 2.36. The Kier molecular flexibility index (Phi) is 6.38. The van der Waals surface area contributed by atoms with Gasteiger partial charge in [-0.2, -0.15) is 0 Å². The number of methoxy groups -OCH3 is 1. The normalized spacial score (nSPS) is 10.1. The van der Waals surface area contributed by atoms with Crippen molar-refractivity contribution in [1.29, 1.82) is 0 Å². The first-order valence-corrected chi connectivity index (χ1v) is 5.99. The highest BCUT2D eigenvalue weighted by Gasteiger charge is 2.12. The summed E-state index contributed by atoms with van der Waals surface area (Å²) in [4.78, 5) is 26.6. The molecule has 0 radical (unpaired) electrons. The first-order chi connectivity index (χ1) is 9.54. The molecule has 0 spiro atoms. The first-order valence-electron chi connectivity index (χ1n) is 5.99. The highest BCUT2D eigenvalue weighted by atomic mass is 19.1. The van der Waals surface area contributed by atoms with Crippen LogP contribution in [0.1, 0.15) is 16.8 Å². The summed E-state index contributed by atoms with van der Waals surface area (Å²) in [6.45, 7) is 0.946. The summed E-state index contributed by atoms with van der Waals surface area (Å²) in [5.74, 6) is -1.50. The Bertz CT molecular complexity index is 482. The largest absolute Gasteiger partial charge is 0.383 e. The average molecular weight is 284 g/mol. The number of nitrogens with two attached hydrogens (primary N) is 1. The van der Waals surface area contributed by atoms with E-state index in [2.05, 4.69) is 15.6 Å². The summed E-state index contributed by atoms with van der Waals surface area (Å²) < 4.78 is 17.7. The molecule has 20 heavy (non-hydrogen) atoms. The number of hydrogen-bond acceptors (Lipinski definition) is 5. The predicted molar refractivity (Wildman–Crippen MR) is 70.4 cm³/mol. The molecule has 0 fully saturated rings. The Morgan fingerprint density at radius 2 is 2.15 bits per heavy atom. The SMILES string of the molecule is COCCNC(=O)CCNC(=O)c1cc(F)cnc1N. The lowest BCUT2D eigenvalue weighted by Gasteiger charge is -2.07. The Morgan fingerprint density at radius 3 is 2.85 bits per heavy atom. The fourth-order valence-corrected chi connectivity index (χ4v) is 1.40. The zero-order valence-corrected chi connectivity index (χ0v) is 11.1. The number of nitrogen functional groups attached to an aromatic ring is 1. The lowest BCUT2D eigenvalue weighted by molar-refractivity contribution is -0.121. The summed E-state index contributed by atoms with van der Waals surface area (Å²) in [6, 6.07) is 0.996. The molecule has 0 bridgehead atoms. The fraction of sp³-hybridized carbons (Fsp3) is 0.417. The van der Waals surface area contributed by atoms with Crippen molar-refractivity contribution >= 4 is 17.6 Å². The first kappa shape index (κ1) is 15.8. The number of aromatic nitrogens is 1. The van der Waals surface area contributed by atoms with Crippen LogP contribution < -0.4 is 16.4 Å². The number of hydrogen-bond donors (Lipinski definition) is 3. The molecule has 7 nitrogen and oxygen atoms in total. The minimum absolute atomic E-state index is 0.0511. The van der Waals surface area contributed by atoms with Crippen LogP contribution >= 0.6 is 0 Å². The number of pyridine rings is 1. The van der Waals surface area contributed by atoms with E-state index in [9.17, 15) is 14.0 Å². The summed E-state index contributed by atoms with van der Waals surface area (Å²) in [5.41, 5.74) is 5.42. The van der Waals surface area contributed by atoms with Gasteiger partial charge in [0.05, 0.1) is 18.4 Å². The number of amides is 2. The van der Waals surface area contributed by atoms with Crippen molar-refractivity contribution in [2.24, 2.45) is 0 Å². The number of ether oxygens (including phenoxy) is 1. The summed E-state index contributed by atoms with van der Waals surface area (Å²) >= 11 is 0. The van der Waals surface area contributed by atoms with Gasteiger partial charge >= 0.3 is 0 Å². The summed E-state index contributed by atoms with van der Waals surface area (Å²) in [6.07, 6.45) is 1.04. The minimum atomic E-state index is -0.651. The Hall–Kier alpha value is -2.22. The van der Waals surface area contributed by atoms with Gasteiger partial charge in [-0.05, 0) is 6.07 Å². The number of anilines is 1. The van der Waals surface area contributed by atoms with Gasteiger partial charge in [0, 0.05) is 26.6 Å². The van der Waals surface area contributed by atoms with E-state index in [1.165, 1.54) is 7.11 Å². The van der Waals surface area contributed by atoms with E-state index in [1.807, 2.05) is 0 Å². The van der Waals surface area contributed by atoms with Crippen molar-refractivity contribution in [3.05, 3.63) is 23.6 Å². The molecule has 1 heterocycles. The zero-order valence-electron chi connectivity index (χ0n) is 11.1. The number of carbonyl (C=O) groups excluding carboxylic acids is 2. The zero-order chi connectivity index (χ0) is 15.0. The second kappa shape index (κ2) is 8.05.